The van der Waals surface area contributed by atoms with Crippen LogP contribution in [-0.4, -0.2) is 62.0 Å². The molecule has 2 aliphatic heterocycles. The summed E-state index contributed by atoms with van der Waals surface area (Å²) < 4.78 is 12.7. The van der Waals surface area contributed by atoms with E-state index < -0.39 is 0 Å². The van der Waals surface area contributed by atoms with E-state index in [0.29, 0.717) is 43.2 Å². The third-order valence-electron chi connectivity index (χ3n) is 8.94. The number of hydrogen-bond acceptors (Lipinski definition) is 7. The first-order valence-electron chi connectivity index (χ1n) is 15.2. The highest BCUT2D eigenvalue weighted by molar-refractivity contribution is 5.79. The van der Waals surface area contributed by atoms with Gasteiger partial charge in [-0.05, 0) is 81.7 Å². The van der Waals surface area contributed by atoms with Crippen molar-refractivity contribution >= 4 is 11.6 Å². The number of piperidine rings is 1. The molecule has 1 N–H and O–H groups in total. The van der Waals surface area contributed by atoms with Gasteiger partial charge in [0.15, 0.2) is 5.65 Å². The molecule has 0 unspecified atom stereocenters. The first-order valence-corrected chi connectivity index (χ1v) is 15.2. The molecule has 0 atom stereocenters. The van der Waals surface area contributed by atoms with E-state index in [1.807, 2.05) is 54.3 Å². The molecule has 226 valence electrons. The Morgan fingerprint density at radius 2 is 1.82 bits per heavy atom. The van der Waals surface area contributed by atoms with Gasteiger partial charge in [0.25, 0.3) is 5.56 Å². The van der Waals surface area contributed by atoms with E-state index in [1.54, 1.807) is 7.11 Å². The SMILES string of the molecule is COc1ccc(-c2cc3nc4c(c(=O)n3[nH]2)CN(C(=O)C2CCN(Cc3nc(-c5cccc(C)c5)oc3C)CC2)CC4)cc1. The second kappa shape index (κ2) is 11.4. The summed E-state index contributed by atoms with van der Waals surface area (Å²) in [6.45, 7) is 7.22. The zero-order valence-electron chi connectivity index (χ0n) is 25.3. The smallest absolute Gasteiger partial charge is 0.277 e. The molecule has 10 nitrogen and oxygen atoms in total. The van der Waals surface area contributed by atoms with Crippen LogP contribution in [0.3, 0.4) is 0 Å². The molecule has 5 aromatic rings. The van der Waals surface area contributed by atoms with Gasteiger partial charge in [0.2, 0.25) is 11.8 Å². The summed E-state index contributed by atoms with van der Waals surface area (Å²) in [5.74, 6) is 2.32. The Morgan fingerprint density at radius 3 is 2.57 bits per heavy atom. The van der Waals surface area contributed by atoms with Gasteiger partial charge in [0, 0.05) is 37.1 Å². The fourth-order valence-electron chi connectivity index (χ4n) is 6.37. The number of carbonyl (C=O) groups is 1. The predicted octanol–water partition coefficient (Wildman–Crippen LogP) is 4.77. The van der Waals surface area contributed by atoms with E-state index in [4.69, 9.17) is 19.1 Å². The van der Waals surface area contributed by atoms with Crippen molar-refractivity contribution in [1.82, 2.24) is 29.4 Å². The zero-order valence-corrected chi connectivity index (χ0v) is 25.3. The van der Waals surface area contributed by atoms with Gasteiger partial charge >= 0.3 is 0 Å². The third kappa shape index (κ3) is 5.30. The maximum atomic E-state index is 13.6. The number of H-pyrrole nitrogens is 1. The zero-order chi connectivity index (χ0) is 30.4. The topological polar surface area (TPSA) is 109 Å². The molecule has 44 heavy (non-hydrogen) atoms. The lowest BCUT2D eigenvalue weighted by Gasteiger charge is -2.35. The Balaban J connectivity index is 1.00. The molecule has 2 aromatic carbocycles. The van der Waals surface area contributed by atoms with E-state index in [9.17, 15) is 9.59 Å². The van der Waals surface area contributed by atoms with Crippen LogP contribution < -0.4 is 10.3 Å². The van der Waals surface area contributed by atoms with E-state index in [0.717, 1.165) is 65.6 Å². The van der Waals surface area contributed by atoms with Gasteiger partial charge in [0.05, 0.1) is 36.3 Å². The normalized spacial score (nSPS) is 15.9. The number of fused-ring (bicyclic) bond motifs is 2. The highest BCUT2D eigenvalue weighted by Gasteiger charge is 2.32. The number of aromatic nitrogens is 4. The van der Waals surface area contributed by atoms with E-state index in [2.05, 4.69) is 29.1 Å². The highest BCUT2D eigenvalue weighted by Crippen LogP contribution is 2.28. The summed E-state index contributed by atoms with van der Waals surface area (Å²) in [7, 11) is 1.63. The van der Waals surface area contributed by atoms with Crippen LogP contribution in [-0.2, 0) is 24.3 Å². The van der Waals surface area contributed by atoms with Crippen molar-refractivity contribution in [2.24, 2.45) is 5.92 Å². The van der Waals surface area contributed by atoms with Crippen LogP contribution in [0.5, 0.6) is 5.75 Å². The number of benzene rings is 2. The summed E-state index contributed by atoms with van der Waals surface area (Å²) in [4.78, 5) is 40.9. The average molecular weight is 593 g/mol. The Hall–Kier alpha value is -4.70. The Kier molecular flexibility index (Phi) is 7.29. The molecular formula is C34H36N6O4. The van der Waals surface area contributed by atoms with Crippen molar-refractivity contribution in [3.63, 3.8) is 0 Å². The van der Waals surface area contributed by atoms with Crippen molar-refractivity contribution in [3.8, 4) is 28.5 Å². The van der Waals surface area contributed by atoms with Crippen molar-refractivity contribution < 1.29 is 13.9 Å². The second-order valence-electron chi connectivity index (χ2n) is 11.9. The van der Waals surface area contributed by atoms with Gasteiger partial charge < -0.3 is 14.1 Å². The summed E-state index contributed by atoms with van der Waals surface area (Å²) in [6, 6.07) is 17.7. The van der Waals surface area contributed by atoms with Crippen LogP contribution in [0.2, 0.25) is 0 Å². The lowest BCUT2D eigenvalue weighted by atomic mass is 9.94. The third-order valence-corrected chi connectivity index (χ3v) is 8.94. The summed E-state index contributed by atoms with van der Waals surface area (Å²) in [5, 5.41) is 3.20. The summed E-state index contributed by atoms with van der Waals surface area (Å²) in [5.41, 5.74) is 6.63. The molecule has 1 fully saturated rings. The molecular weight excluding hydrogens is 556 g/mol. The number of likely N-dealkylation sites (tertiary alicyclic amines) is 1. The number of aromatic amines is 1. The van der Waals surface area contributed by atoms with Crippen LogP contribution in [0.25, 0.3) is 28.4 Å². The first kappa shape index (κ1) is 28.1. The van der Waals surface area contributed by atoms with E-state index >= 15 is 0 Å². The molecule has 1 saturated heterocycles. The average Bonchev–Trinajstić information content (AvgIpc) is 3.64. The maximum Gasteiger partial charge on any atom is 0.277 e. The Bertz CT molecular complexity index is 1900. The van der Waals surface area contributed by atoms with Crippen molar-refractivity contribution in [1.29, 1.82) is 0 Å². The molecule has 0 radical (unpaired) electrons. The lowest BCUT2D eigenvalue weighted by Crippen LogP contribution is -2.45. The van der Waals surface area contributed by atoms with Gasteiger partial charge in [0.1, 0.15) is 11.5 Å². The fraction of sp³-hybridized carbons (Fsp3) is 0.353. The molecule has 3 aromatic heterocycles. The number of nitrogens with one attached hydrogen (secondary N) is 1. The minimum absolute atomic E-state index is 0.0549. The molecule has 0 bridgehead atoms. The van der Waals surface area contributed by atoms with Gasteiger partial charge in [-0.1, -0.05) is 17.7 Å². The molecule has 0 saturated carbocycles. The van der Waals surface area contributed by atoms with Crippen LogP contribution in [0.1, 0.15) is 41.1 Å². The highest BCUT2D eigenvalue weighted by atomic mass is 16.5. The number of hydrogen-bond donors (Lipinski definition) is 1. The quantitative estimate of drug-likeness (QED) is 0.303. The Labute approximate surface area is 255 Å². The molecule has 2 aliphatic rings. The minimum atomic E-state index is -0.148. The summed E-state index contributed by atoms with van der Waals surface area (Å²) >= 11 is 0. The largest absolute Gasteiger partial charge is 0.497 e. The van der Waals surface area contributed by atoms with Crippen molar-refractivity contribution in [2.75, 3.05) is 26.7 Å². The maximum absolute atomic E-state index is 13.6. The first-order chi connectivity index (χ1) is 21.4. The van der Waals surface area contributed by atoms with Crippen LogP contribution in [0.15, 0.2) is 63.8 Å². The van der Waals surface area contributed by atoms with Crippen molar-refractivity contribution in [2.45, 2.75) is 46.2 Å². The number of ether oxygens (including phenoxy) is 1. The van der Waals surface area contributed by atoms with Crippen molar-refractivity contribution in [3.05, 3.63) is 93.2 Å². The number of rotatable bonds is 6. The predicted molar refractivity (Wildman–Crippen MR) is 166 cm³/mol. The molecule has 0 spiro atoms. The fourth-order valence-corrected chi connectivity index (χ4v) is 6.37. The summed E-state index contributed by atoms with van der Waals surface area (Å²) in [6.07, 6.45) is 2.13. The lowest BCUT2D eigenvalue weighted by molar-refractivity contribution is -0.138. The van der Waals surface area contributed by atoms with E-state index in [1.165, 1.54) is 10.1 Å². The number of methoxy groups -OCH3 is 1. The molecule has 7 rings (SSSR count). The number of carbonyl (C=O) groups excluding carboxylic acids is 1. The van der Waals surface area contributed by atoms with Crippen LogP contribution in [0.4, 0.5) is 0 Å². The Morgan fingerprint density at radius 1 is 1.02 bits per heavy atom. The van der Waals surface area contributed by atoms with Crippen LogP contribution in [0, 0.1) is 19.8 Å². The second-order valence-corrected chi connectivity index (χ2v) is 11.9. The monoisotopic (exact) mass is 592 g/mol. The molecule has 5 heterocycles. The minimum Gasteiger partial charge on any atom is -0.497 e. The number of amides is 1. The van der Waals surface area contributed by atoms with Gasteiger partial charge in [-0.3, -0.25) is 19.6 Å². The molecule has 1 amide bonds. The number of oxazole rings is 1. The van der Waals surface area contributed by atoms with Gasteiger partial charge in [-0.15, -0.1) is 0 Å². The standard InChI is InChI=1S/C34H36N6O4/c1-21-5-4-6-25(17-21)32-36-30(22(2)44-32)20-38-14-11-24(12-15-38)33(41)39-16-13-28-27(19-39)34(42)40-31(35-28)18-29(37-40)23-7-9-26(43-3)10-8-23/h4-10,17-18,24,37H,11-16,19-20H2,1-3H3. The number of nitrogens with zero attached hydrogens (tertiary/aromatic N) is 5. The molecule has 0 aliphatic carbocycles. The van der Waals surface area contributed by atoms with Crippen LogP contribution >= 0.6 is 0 Å². The molecule has 10 heteroatoms. The van der Waals surface area contributed by atoms with Gasteiger partial charge in [-0.25, -0.2) is 14.5 Å². The van der Waals surface area contributed by atoms with Gasteiger partial charge in [-0.2, -0.15) is 0 Å². The number of aryl methyl sites for hydroxylation is 2. The van der Waals surface area contributed by atoms with E-state index in [-0.39, 0.29) is 17.4 Å².